The summed E-state index contributed by atoms with van der Waals surface area (Å²) >= 11 is 7.03. The fourth-order valence-corrected chi connectivity index (χ4v) is 6.52. The van der Waals surface area contributed by atoms with E-state index in [1.54, 1.807) is 0 Å². The molecule has 0 spiro atoms. The van der Waals surface area contributed by atoms with Crippen LogP contribution in [-0.4, -0.2) is 37.5 Å². The number of unbranched alkanes of at least 4 members (excludes halogenated alkanes) is 20. The van der Waals surface area contributed by atoms with Crippen LogP contribution in [0.3, 0.4) is 0 Å². The van der Waals surface area contributed by atoms with Crippen molar-refractivity contribution < 1.29 is 14.2 Å². The van der Waals surface area contributed by atoms with Gasteiger partial charge in [0.25, 0.3) is 0 Å². The molecule has 3 nitrogen and oxygen atoms in total. The minimum atomic E-state index is 0.325. The molecule has 268 valence electrons. The first-order valence-electron chi connectivity index (χ1n) is 19.5. The molecule has 0 amide bonds. The summed E-state index contributed by atoms with van der Waals surface area (Å²) < 4.78 is 17.0. The summed E-state index contributed by atoms with van der Waals surface area (Å²) in [5.41, 5.74) is 0. The highest BCUT2D eigenvalue weighted by atomic mass is 79.9. The van der Waals surface area contributed by atoms with Crippen molar-refractivity contribution in [3.8, 4) is 0 Å². The summed E-state index contributed by atoms with van der Waals surface area (Å²) in [5, 5.41) is 2.33. The summed E-state index contributed by atoms with van der Waals surface area (Å²) in [7, 11) is 0. The van der Waals surface area contributed by atoms with E-state index in [0.717, 1.165) is 36.7 Å². The summed E-state index contributed by atoms with van der Waals surface area (Å²) in [6.07, 6.45) is 44.4. The van der Waals surface area contributed by atoms with Gasteiger partial charge in [0, 0.05) is 23.9 Å². The van der Waals surface area contributed by atoms with Crippen molar-refractivity contribution in [3.63, 3.8) is 0 Å². The Morgan fingerprint density at radius 3 is 1.04 bits per heavy atom. The first-order chi connectivity index (χ1) is 22.3. The van der Waals surface area contributed by atoms with Gasteiger partial charge in [0.2, 0.25) is 0 Å². The lowest BCUT2D eigenvalue weighted by atomic mass is 10.0. The van der Waals surface area contributed by atoms with Crippen LogP contribution >= 0.6 is 31.9 Å². The molecule has 0 aromatic rings. The molecule has 0 aromatic heterocycles. The second kappa shape index (κ2) is 40.5. The number of hydrogen-bond acceptors (Lipinski definition) is 3. The fraction of sp³-hybridized carbons (Fsp3) is 0.900. The van der Waals surface area contributed by atoms with Crippen molar-refractivity contribution >= 4 is 31.9 Å². The average molecular weight is 765 g/mol. The standard InChI is InChI=1S/C40H76Br2O3/c1-3-39(29-25-21-17-13-9-5-7-11-15-19-23-27-33-41)31-35-43-37-45-38-44-36-32-40(4-2)30-26-22-18-14-10-6-8-12-16-20-24-28-34-42/h25-26,29-30,39-40H,3-24,27-28,31-38H2,1-2H3. The predicted octanol–water partition coefficient (Wildman–Crippen LogP) is 14.3. The van der Waals surface area contributed by atoms with Gasteiger partial charge in [-0.1, -0.05) is 173 Å². The summed E-state index contributed by atoms with van der Waals surface area (Å²) in [4.78, 5) is 0. The van der Waals surface area contributed by atoms with E-state index in [2.05, 4.69) is 70.0 Å². The van der Waals surface area contributed by atoms with Gasteiger partial charge in [-0.05, 0) is 76.0 Å². The highest BCUT2D eigenvalue weighted by molar-refractivity contribution is 9.09. The zero-order chi connectivity index (χ0) is 32.7. The molecule has 0 heterocycles. The topological polar surface area (TPSA) is 27.7 Å². The molecule has 0 saturated carbocycles. The molecule has 0 N–H and O–H groups in total. The van der Waals surface area contributed by atoms with Crippen LogP contribution in [0, 0.1) is 11.8 Å². The van der Waals surface area contributed by atoms with Crippen LogP contribution in [0.2, 0.25) is 0 Å². The Morgan fingerprint density at radius 1 is 0.422 bits per heavy atom. The van der Waals surface area contributed by atoms with E-state index in [9.17, 15) is 0 Å². The van der Waals surface area contributed by atoms with Gasteiger partial charge < -0.3 is 14.2 Å². The molecule has 0 aromatic carbocycles. The minimum Gasteiger partial charge on any atom is -0.355 e. The lowest BCUT2D eigenvalue weighted by molar-refractivity contribution is -0.132. The molecule has 2 unspecified atom stereocenters. The maximum Gasteiger partial charge on any atom is 0.149 e. The normalized spacial score (nSPS) is 13.4. The molecule has 0 aliphatic heterocycles. The SMILES string of the molecule is CCC(C=CCCCCCCCCCCCCBr)CCOCOCOCCC(C=CCCCCCCCCCCCCBr)CC. The average Bonchev–Trinajstić information content (AvgIpc) is 3.06. The zero-order valence-corrected chi connectivity index (χ0v) is 33.2. The number of ether oxygens (including phenoxy) is 3. The third-order valence-corrected chi connectivity index (χ3v) is 10.1. The van der Waals surface area contributed by atoms with E-state index in [-0.39, 0.29) is 0 Å². The number of allylic oxidation sites excluding steroid dienone is 4. The maximum atomic E-state index is 5.71. The highest BCUT2D eigenvalue weighted by Crippen LogP contribution is 2.16. The Labute approximate surface area is 299 Å². The molecule has 0 aliphatic carbocycles. The van der Waals surface area contributed by atoms with Gasteiger partial charge in [-0.2, -0.15) is 0 Å². The van der Waals surface area contributed by atoms with Crippen LogP contribution < -0.4 is 0 Å². The lowest BCUT2D eigenvalue weighted by Crippen LogP contribution is -2.09. The number of hydrogen-bond donors (Lipinski definition) is 0. The van der Waals surface area contributed by atoms with E-state index in [1.165, 1.54) is 154 Å². The quantitative estimate of drug-likeness (QED) is 0.0271. The summed E-state index contributed by atoms with van der Waals surface area (Å²) in [5.74, 6) is 1.22. The van der Waals surface area contributed by atoms with Gasteiger partial charge in [-0.3, -0.25) is 0 Å². The van der Waals surface area contributed by atoms with Crippen LogP contribution in [0.5, 0.6) is 0 Å². The van der Waals surface area contributed by atoms with Crippen molar-refractivity contribution in [1.29, 1.82) is 0 Å². The summed E-state index contributed by atoms with van der Waals surface area (Å²) in [6.45, 7) is 6.70. The molecule has 0 bridgehead atoms. The third kappa shape index (κ3) is 37.0. The largest absolute Gasteiger partial charge is 0.355 e. The van der Waals surface area contributed by atoms with E-state index >= 15 is 0 Å². The van der Waals surface area contributed by atoms with Crippen molar-refractivity contribution in [2.24, 2.45) is 11.8 Å². The molecule has 5 heteroatoms. The monoisotopic (exact) mass is 762 g/mol. The van der Waals surface area contributed by atoms with E-state index < -0.39 is 0 Å². The van der Waals surface area contributed by atoms with Crippen molar-refractivity contribution in [2.45, 2.75) is 181 Å². The summed E-state index contributed by atoms with van der Waals surface area (Å²) in [6, 6.07) is 0. The van der Waals surface area contributed by atoms with Gasteiger partial charge in [0.1, 0.15) is 13.6 Å². The van der Waals surface area contributed by atoms with Gasteiger partial charge >= 0.3 is 0 Å². The molecular formula is C40H76Br2O3. The second-order valence-electron chi connectivity index (χ2n) is 13.1. The Hall–Kier alpha value is 0.320. The van der Waals surface area contributed by atoms with Crippen LogP contribution in [0.25, 0.3) is 0 Å². The molecule has 0 saturated heterocycles. The molecule has 2 atom stereocenters. The first kappa shape index (κ1) is 45.3. The number of alkyl halides is 2. The predicted molar refractivity (Wildman–Crippen MR) is 207 cm³/mol. The molecule has 0 fully saturated rings. The molecule has 0 aliphatic rings. The van der Waals surface area contributed by atoms with Crippen molar-refractivity contribution in [1.82, 2.24) is 0 Å². The zero-order valence-electron chi connectivity index (χ0n) is 30.1. The van der Waals surface area contributed by atoms with Crippen LogP contribution in [-0.2, 0) is 14.2 Å². The van der Waals surface area contributed by atoms with Crippen molar-refractivity contribution in [2.75, 3.05) is 37.5 Å². The first-order valence-corrected chi connectivity index (χ1v) is 21.7. The lowest BCUT2D eigenvalue weighted by Gasteiger charge is -2.12. The Morgan fingerprint density at radius 2 is 0.733 bits per heavy atom. The smallest absolute Gasteiger partial charge is 0.149 e. The van der Waals surface area contributed by atoms with E-state index in [0.29, 0.717) is 25.4 Å². The van der Waals surface area contributed by atoms with Crippen LogP contribution in [0.1, 0.15) is 181 Å². The Kier molecular flexibility index (Phi) is 40.8. The van der Waals surface area contributed by atoms with Crippen LogP contribution in [0.4, 0.5) is 0 Å². The second-order valence-corrected chi connectivity index (χ2v) is 14.6. The van der Waals surface area contributed by atoms with E-state index in [4.69, 9.17) is 14.2 Å². The van der Waals surface area contributed by atoms with E-state index in [1.807, 2.05) is 0 Å². The highest BCUT2D eigenvalue weighted by Gasteiger charge is 2.03. The fourth-order valence-electron chi connectivity index (χ4n) is 5.73. The number of rotatable bonds is 38. The molecule has 45 heavy (non-hydrogen) atoms. The van der Waals surface area contributed by atoms with Gasteiger partial charge in [0.15, 0.2) is 0 Å². The maximum absolute atomic E-state index is 5.71. The van der Waals surface area contributed by atoms with Crippen molar-refractivity contribution in [3.05, 3.63) is 24.3 Å². The third-order valence-electron chi connectivity index (χ3n) is 8.97. The minimum absolute atomic E-state index is 0.325. The molecular weight excluding hydrogens is 688 g/mol. The molecule has 0 radical (unpaired) electrons. The van der Waals surface area contributed by atoms with Gasteiger partial charge in [0.05, 0.1) is 0 Å². The Balaban J connectivity index is 3.53. The molecule has 0 rings (SSSR count). The van der Waals surface area contributed by atoms with Crippen LogP contribution in [0.15, 0.2) is 24.3 Å². The van der Waals surface area contributed by atoms with Gasteiger partial charge in [-0.25, -0.2) is 0 Å². The number of halogens is 2. The Bertz CT molecular complexity index is 548. The van der Waals surface area contributed by atoms with Gasteiger partial charge in [-0.15, -0.1) is 0 Å².